The van der Waals surface area contributed by atoms with Crippen LogP contribution in [0.1, 0.15) is 10.4 Å². The third-order valence-electron chi connectivity index (χ3n) is 6.00. The van der Waals surface area contributed by atoms with Crippen molar-refractivity contribution in [3.8, 4) is 11.3 Å². The SMILES string of the molecule is [B]C([B])([B])N1CCN(c2cc(C(=O)Nc3cc4cc(-c5cnn(C)c5)ncc4cn3)ccn2)CC1. The number of hydrogen-bond donors (Lipinski definition) is 1. The molecule has 5 heterocycles. The number of fused-ring (bicyclic) bond motifs is 1. The monoisotopic (exact) mass is 458 g/mol. The van der Waals surface area contributed by atoms with E-state index in [9.17, 15) is 4.79 Å². The number of hydrogen-bond acceptors (Lipinski definition) is 7. The van der Waals surface area contributed by atoms with Crippen LogP contribution < -0.4 is 10.2 Å². The maximum atomic E-state index is 13.0. The molecule has 1 fully saturated rings. The molecule has 1 aliphatic heterocycles. The van der Waals surface area contributed by atoms with E-state index in [-0.39, 0.29) is 5.91 Å². The van der Waals surface area contributed by atoms with Crippen molar-refractivity contribution in [2.45, 2.75) is 5.24 Å². The molecule has 0 saturated carbocycles. The van der Waals surface area contributed by atoms with Gasteiger partial charge in [-0.15, -0.1) is 0 Å². The molecule has 0 atom stereocenters. The van der Waals surface area contributed by atoms with Gasteiger partial charge >= 0.3 is 0 Å². The van der Waals surface area contributed by atoms with Gasteiger partial charge in [-0.3, -0.25) is 14.5 Å². The minimum Gasteiger partial charge on any atom is -0.354 e. The van der Waals surface area contributed by atoms with E-state index in [0.717, 1.165) is 22.0 Å². The van der Waals surface area contributed by atoms with E-state index in [1.165, 1.54) is 0 Å². The lowest BCUT2D eigenvalue weighted by Gasteiger charge is -2.43. The lowest BCUT2D eigenvalue weighted by molar-refractivity contribution is 0.102. The van der Waals surface area contributed by atoms with E-state index in [4.69, 9.17) is 23.5 Å². The smallest absolute Gasteiger partial charge is 0.257 e. The normalized spacial score (nSPS) is 14.8. The van der Waals surface area contributed by atoms with Crippen LogP contribution in [0.5, 0.6) is 0 Å². The Bertz CT molecular complexity index is 1380. The number of carbonyl (C=O) groups excluding carboxylic acids is 1. The van der Waals surface area contributed by atoms with Gasteiger partial charge in [0.2, 0.25) is 0 Å². The molecule has 4 aromatic rings. The third-order valence-corrected chi connectivity index (χ3v) is 6.00. The van der Waals surface area contributed by atoms with E-state index in [1.54, 1.807) is 46.5 Å². The highest BCUT2D eigenvalue weighted by molar-refractivity contribution is 6.59. The summed E-state index contributed by atoms with van der Waals surface area (Å²) in [6.45, 7) is 2.48. The predicted octanol–water partition coefficient (Wildman–Crippen LogP) is 0.916. The summed E-state index contributed by atoms with van der Waals surface area (Å²) >= 11 is 0. The fourth-order valence-electron chi connectivity index (χ4n) is 4.06. The summed E-state index contributed by atoms with van der Waals surface area (Å²) in [4.78, 5) is 30.1. The fraction of sp³-hybridized carbons (Fsp3) is 0.261. The molecular weight excluding hydrogens is 437 g/mol. The molecule has 1 amide bonds. The van der Waals surface area contributed by atoms with Crippen LogP contribution in [-0.2, 0) is 7.05 Å². The van der Waals surface area contributed by atoms with E-state index >= 15 is 0 Å². The summed E-state index contributed by atoms with van der Waals surface area (Å²) in [6.07, 6.45) is 8.73. The summed E-state index contributed by atoms with van der Waals surface area (Å²) in [5.74, 6) is 0.876. The third kappa shape index (κ3) is 5.07. The summed E-state index contributed by atoms with van der Waals surface area (Å²) in [6, 6.07) is 7.21. The summed E-state index contributed by atoms with van der Waals surface area (Å²) in [5.41, 5.74) is 2.19. The Morgan fingerprint density at radius 1 is 0.971 bits per heavy atom. The summed E-state index contributed by atoms with van der Waals surface area (Å²) in [5, 5.41) is 7.52. The van der Waals surface area contributed by atoms with Crippen molar-refractivity contribution in [2.24, 2.45) is 7.05 Å². The lowest BCUT2D eigenvalue weighted by atomic mass is 9.48. The zero-order valence-corrected chi connectivity index (χ0v) is 19.3. The van der Waals surface area contributed by atoms with E-state index in [2.05, 4.69) is 30.3 Å². The zero-order chi connectivity index (χ0) is 24.6. The molecule has 1 N–H and O–H groups in total. The first-order valence-corrected chi connectivity index (χ1v) is 11.2. The molecule has 35 heavy (non-hydrogen) atoms. The van der Waals surface area contributed by atoms with Gasteiger partial charge in [-0.1, -0.05) is 5.24 Å². The second kappa shape index (κ2) is 9.18. The van der Waals surface area contributed by atoms with Gasteiger partial charge in [0.1, 0.15) is 11.6 Å². The maximum Gasteiger partial charge on any atom is 0.257 e. The zero-order valence-electron chi connectivity index (χ0n) is 19.3. The molecule has 1 saturated heterocycles. The molecule has 9 nitrogen and oxygen atoms in total. The number of anilines is 2. The highest BCUT2D eigenvalue weighted by Crippen LogP contribution is 2.23. The first-order valence-electron chi connectivity index (χ1n) is 11.2. The second-order valence-corrected chi connectivity index (χ2v) is 8.61. The Morgan fingerprint density at radius 3 is 2.46 bits per heavy atom. The Hall–Kier alpha value is -3.66. The fourth-order valence-corrected chi connectivity index (χ4v) is 4.06. The number of nitrogens with one attached hydrogen (secondary N) is 1. The summed E-state index contributed by atoms with van der Waals surface area (Å²) < 4.78 is 1.73. The van der Waals surface area contributed by atoms with Gasteiger partial charge in [-0.2, -0.15) is 5.10 Å². The number of aryl methyl sites for hydroxylation is 1. The van der Waals surface area contributed by atoms with Gasteiger partial charge in [0.25, 0.3) is 5.91 Å². The van der Waals surface area contributed by atoms with Crippen molar-refractivity contribution in [1.82, 2.24) is 29.6 Å². The van der Waals surface area contributed by atoms with Crippen LogP contribution in [0, 0.1) is 0 Å². The highest BCUT2D eigenvalue weighted by Gasteiger charge is 2.25. The molecule has 5 rings (SSSR count). The van der Waals surface area contributed by atoms with Crippen LogP contribution in [0.3, 0.4) is 0 Å². The van der Waals surface area contributed by atoms with Crippen molar-refractivity contribution < 1.29 is 4.79 Å². The van der Waals surface area contributed by atoms with Crippen molar-refractivity contribution >= 4 is 51.9 Å². The number of carbonyl (C=O) groups is 1. The Kier molecular flexibility index (Phi) is 6.06. The van der Waals surface area contributed by atoms with Gasteiger partial charge in [0.05, 0.1) is 35.4 Å². The molecule has 1 aliphatic rings. The van der Waals surface area contributed by atoms with Crippen molar-refractivity contribution in [1.29, 1.82) is 0 Å². The molecule has 12 heteroatoms. The largest absolute Gasteiger partial charge is 0.354 e. The standard InChI is InChI=1S/C23H21B3N8O/c1-32-14-18(13-30-32)19-8-16-9-20(29-12-17(16)11-28-19)31-22(35)15-2-3-27-21(10-15)33-4-6-34(7-5-33)23(24,25)26/h2-3,8-14H,4-7H2,1H3,(H,29,31,35). The van der Waals surface area contributed by atoms with E-state index in [1.807, 2.05) is 25.4 Å². The quantitative estimate of drug-likeness (QED) is 0.445. The van der Waals surface area contributed by atoms with Crippen molar-refractivity contribution in [3.63, 3.8) is 0 Å². The Morgan fingerprint density at radius 2 is 1.74 bits per heavy atom. The van der Waals surface area contributed by atoms with Gasteiger partial charge in [-0.05, 0) is 29.7 Å². The topological polar surface area (TPSA) is 92.1 Å². The molecule has 0 aromatic carbocycles. The predicted molar refractivity (Wildman–Crippen MR) is 138 cm³/mol. The number of rotatable bonds is 5. The van der Waals surface area contributed by atoms with Crippen LogP contribution >= 0.6 is 0 Å². The minimum absolute atomic E-state index is 0.273. The van der Waals surface area contributed by atoms with Crippen molar-refractivity contribution in [2.75, 3.05) is 36.4 Å². The molecule has 4 aromatic heterocycles. The molecule has 0 spiro atoms. The molecule has 6 radical (unpaired) electrons. The number of nitrogens with zero attached hydrogens (tertiary/aromatic N) is 7. The van der Waals surface area contributed by atoms with Crippen molar-refractivity contribution in [3.05, 3.63) is 60.8 Å². The van der Waals surface area contributed by atoms with Crippen LogP contribution in [0.2, 0.25) is 0 Å². The average molecular weight is 458 g/mol. The van der Waals surface area contributed by atoms with Gasteiger partial charge in [0.15, 0.2) is 0 Å². The number of piperazine rings is 1. The first kappa shape index (κ1) is 23.1. The van der Waals surface area contributed by atoms with Gasteiger partial charge in [0, 0.05) is 74.5 Å². The van der Waals surface area contributed by atoms with Crippen LogP contribution in [-0.4, -0.2) is 90.5 Å². The summed E-state index contributed by atoms with van der Waals surface area (Å²) in [7, 11) is 19.2. The average Bonchev–Trinajstić information content (AvgIpc) is 3.29. The molecule has 0 aliphatic carbocycles. The minimum atomic E-state index is -1.34. The second-order valence-electron chi connectivity index (χ2n) is 8.61. The number of aromatic nitrogens is 5. The Labute approximate surface area is 207 Å². The molecule has 0 unspecified atom stereocenters. The molecular formula is C23H21B3N8O. The molecule has 0 bridgehead atoms. The number of pyridine rings is 3. The van der Waals surface area contributed by atoms with E-state index < -0.39 is 5.24 Å². The van der Waals surface area contributed by atoms with Crippen LogP contribution in [0.4, 0.5) is 11.6 Å². The lowest BCUT2D eigenvalue weighted by Crippen LogP contribution is -2.58. The maximum absolute atomic E-state index is 13.0. The van der Waals surface area contributed by atoms with E-state index in [0.29, 0.717) is 43.4 Å². The first-order chi connectivity index (χ1) is 16.8. The van der Waals surface area contributed by atoms with Gasteiger partial charge in [-0.25, -0.2) is 9.97 Å². The van der Waals surface area contributed by atoms with Gasteiger partial charge < -0.3 is 15.1 Å². The Balaban J connectivity index is 1.31. The van der Waals surface area contributed by atoms with Crippen LogP contribution in [0.15, 0.2) is 55.2 Å². The number of amides is 1. The molecule has 168 valence electrons. The highest BCUT2D eigenvalue weighted by atomic mass is 16.1. The van der Waals surface area contributed by atoms with Crippen LogP contribution in [0.25, 0.3) is 22.0 Å².